The number of likely N-dealkylation sites (N-methyl/N-ethyl adjacent to an activating group) is 1. The second-order valence-corrected chi connectivity index (χ2v) is 11.1. The van der Waals surface area contributed by atoms with Crippen LogP contribution in [-0.2, 0) is 0 Å². The average molecular weight is 836 g/mol. The highest BCUT2D eigenvalue weighted by Gasteiger charge is 2.26. The lowest BCUT2D eigenvalue weighted by atomic mass is 10.1. The molecule has 0 radical (unpaired) electrons. The summed E-state index contributed by atoms with van der Waals surface area (Å²) in [5.41, 5.74) is -1.33. The average Bonchev–Trinajstić information content (AvgIpc) is 3.05. The van der Waals surface area contributed by atoms with Gasteiger partial charge in [-0.3, -0.25) is 39.6 Å². The van der Waals surface area contributed by atoms with Gasteiger partial charge in [-0.25, -0.2) is 4.98 Å². The Bertz CT molecular complexity index is 1650. The Labute approximate surface area is 329 Å². The van der Waals surface area contributed by atoms with Crippen LogP contribution in [0.4, 0.5) is 17.2 Å². The molecule has 0 bridgehead atoms. The number of Topliss-reactive ketones (excluding diaryl/α,β-unsaturated/α-hetero) is 2. The van der Waals surface area contributed by atoms with E-state index in [-0.39, 0.29) is 97.8 Å². The van der Waals surface area contributed by atoms with E-state index in [4.69, 9.17) is 0 Å². The van der Waals surface area contributed by atoms with Crippen molar-refractivity contribution in [3.05, 3.63) is 80.0 Å². The molecule has 4 N–H and O–H groups in total. The standard InChI is InChI=1S/C17H18N4O5.C13H17N3O5.5ClH/c22-14-10-12(9-13(17(14)24)21(25)26)15(23)11-19-5-7-20(8-6-19)16-3-1-2-4-18-16;1-14-2-4-15(5-3-14)8-12(18)9-6-10(16(20)21)13(19)11(17)7-9;;;;;/h1-4,9-10,22,24H,5-8,11H2;6-7,17,19H,2-5,8H2,1H3;5*1H. The highest BCUT2D eigenvalue weighted by molar-refractivity contribution is 5.99. The van der Waals surface area contributed by atoms with Gasteiger partial charge < -0.3 is 30.2 Å². The quantitative estimate of drug-likeness (QED) is 0.104. The van der Waals surface area contributed by atoms with Crippen LogP contribution in [0.1, 0.15) is 20.7 Å². The van der Waals surface area contributed by atoms with Gasteiger partial charge in [0.2, 0.25) is 11.5 Å². The molecule has 0 atom stereocenters. The Balaban J connectivity index is 0. The van der Waals surface area contributed by atoms with Crippen LogP contribution in [0.3, 0.4) is 0 Å². The second kappa shape index (κ2) is 22.9. The molecule has 2 aliphatic heterocycles. The van der Waals surface area contributed by atoms with Gasteiger partial charge in [0.25, 0.3) is 0 Å². The minimum Gasteiger partial charge on any atom is -0.504 e. The minimum atomic E-state index is -0.837. The van der Waals surface area contributed by atoms with Crippen LogP contribution in [0.25, 0.3) is 0 Å². The number of aromatic nitrogens is 1. The molecule has 0 spiro atoms. The largest absolute Gasteiger partial charge is 0.504 e. The summed E-state index contributed by atoms with van der Waals surface area (Å²) in [6.07, 6.45) is 1.73. The van der Waals surface area contributed by atoms with E-state index in [9.17, 15) is 50.2 Å². The van der Waals surface area contributed by atoms with E-state index in [1.54, 1.807) is 6.20 Å². The molecular formula is C30H40Cl5N7O10. The number of anilines is 1. The van der Waals surface area contributed by atoms with Crippen LogP contribution in [0.15, 0.2) is 48.7 Å². The van der Waals surface area contributed by atoms with Crippen molar-refractivity contribution in [2.24, 2.45) is 0 Å². The summed E-state index contributed by atoms with van der Waals surface area (Å²) < 4.78 is 0. The first kappa shape index (κ1) is 50.2. The number of benzene rings is 2. The van der Waals surface area contributed by atoms with E-state index in [1.165, 1.54) is 0 Å². The number of ketones is 2. The third kappa shape index (κ3) is 13.2. The number of halogens is 5. The first-order valence-corrected chi connectivity index (χ1v) is 14.6. The van der Waals surface area contributed by atoms with E-state index < -0.39 is 44.2 Å². The summed E-state index contributed by atoms with van der Waals surface area (Å²) in [5.74, 6) is -2.79. The predicted molar refractivity (Wildman–Crippen MR) is 205 cm³/mol. The number of hydrogen-bond donors (Lipinski definition) is 4. The molecule has 0 amide bonds. The Morgan fingerprint density at radius 1 is 0.673 bits per heavy atom. The van der Waals surface area contributed by atoms with Gasteiger partial charge in [-0.2, -0.15) is 0 Å². The molecule has 0 unspecified atom stereocenters. The normalized spacial score (nSPS) is 14.3. The summed E-state index contributed by atoms with van der Waals surface area (Å²) in [4.78, 5) is 57.1. The van der Waals surface area contributed by atoms with Crippen LogP contribution in [-0.4, -0.2) is 134 Å². The topological polar surface area (TPSA) is 227 Å². The van der Waals surface area contributed by atoms with Crippen LogP contribution < -0.4 is 4.90 Å². The van der Waals surface area contributed by atoms with Gasteiger partial charge in [-0.1, -0.05) is 6.07 Å². The Kier molecular flexibility index (Phi) is 22.1. The molecular weight excluding hydrogens is 796 g/mol. The van der Waals surface area contributed by atoms with Gasteiger partial charge >= 0.3 is 11.4 Å². The Morgan fingerprint density at radius 3 is 1.44 bits per heavy atom. The summed E-state index contributed by atoms with van der Waals surface area (Å²) in [7, 11) is 2.00. The highest BCUT2D eigenvalue weighted by atomic mass is 35.5. The van der Waals surface area contributed by atoms with Gasteiger partial charge in [0.15, 0.2) is 23.1 Å². The van der Waals surface area contributed by atoms with Crippen molar-refractivity contribution in [3.8, 4) is 23.0 Å². The molecule has 2 saturated heterocycles. The number of nitro groups is 2. The highest BCUT2D eigenvalue weighted by Crippen LogP contribution is 2.37. The van der Waals surface area contributed by atoms with Gasteiger partial charge in [-0.15, -0.1) is 62.0 Å². The van der Waals surface area contributed by atoms with Crippen LogP contribution >= 0.6 is 62.0 Å². The third-order valence-corrected chi connectivity index (χ3v) is 7.85. The number of pyridine rings is 1. The van der Waals surface area contributed by atoms with Gasteiger partial charge in [-0.05, 0) is 31.3 Å². The van der Waals surface area contributed by atoms with Crippen molar-refractivity contribution >= 4 is 90.8 Å². The molecule has 1 aromatic heterocycles. The van der Waals surface area contributed by atoms with Crippen LogP contribution in [0.5, 0.6) is 23.0 Å². The fraction of sp³-hybridized carbons (Fsp3) is 0.367. The lowest BCUT2D eigenvalue weighted by Gasteiger charge is -2.35. The number of phenolic OH excluding ortho intramolecular Hbond substituents is 4. The second-order valence-electron chi connectivity index (χ2n) is 11.1. The molecule has 2 aromatic carbocycles. The first-order chi connectivity index (χ1) is 22.3. The number of carbonyl (C=O) groups excluding carboxylic acids is 2. The van der Waals surface area contributed by atoms with E-state index in [1.807, 2.05) is 35.0 Å². The molecule has 17 nitrogen and oxygen atoms in total. The maximum Gasteiger partial charge on any atom is 0.315 e. The molecule has 290 valence electrons. The zero-order chi connectivity index (χ0) is 34.2. The molecule has 3 aromatic rings. The lowest BCUT2D eigenvalue weighted by molar-refractivity contribution is -0.386. The van der Waals surface area contributed by atoms with Crippen LogP contribution in [0.2, 0.25) is 0 Å². The predicted octanol–water partition coefficient (Wildman–Crippen LogP) is 3.95. The molecule has 2 aliphatic rings. The summed E-state index contributed by atoms with van der Waals surface area (Å²) in [6.45, 7) is 6.14. The van der Waals surface area contributed by atoms with Crippen molar-refractivity contribution in [1.82, 2.24) is 19.7 Å². The third-order valence-electron chi connectivity index (χ3n) is 7.85. The number of hydrogen-bond acceptors (Lipinski definition) is 15. The van der Waals surface area contributed by atoms with E-state index in [0.29, 0.717) is 26.2 Å². The molecule has 22 heteroatoms. The van der Waals surface area contributed by atoms with Crippen molar-refractivity contribution in [2.45, 2.75) is 0 Å². The molecule has 5 rings (SSSR count). The Morgan fingerprint density at radius 2 is 1.08 bits per heavy atom. The number of piperazine rings is 2. The van der Waals surface area contributed by atoms with Crippen molar-refractivity contribution < 1.29 is 39.9 Å². The van der Waals surface area contributed by atoms with Gasteiger partial charge in [0, 0.05) is 81.8 Å². The van der Waals surface area contributed by atoms with Crippen molar-refractivity contribution in [1.29, 1.82) is 0 Å². The summed E-state index contributed by atoms with van der Waals surface area (Å²) >= 11 is 0. The minimum absolute atomic E-state index is 0. The molecule has 0 saturated carbocycles. The smallest absolute Gasteiger partial charge is 0.315 e. The number of aromatic hydroxyl groups is 4. The monoisotopic (exact) mass is 833 g/mol. The first-order valence-electron chi connectivity index (χ1n) is 14.6. The molecule has 2 fully saturated rings. The number of phenols is 4. The zero-order valence-corrected chi connectivity index (χ0v) is 31.7. The van der Waals surface area contributed by atoms with Crippen molar-refractivity contribution in [3.63, 3.8) is 0 Å². The molecule has 0 aliphatic carbocycles. The fourth-order valence-electron chi connectivity index (χ4n) is 5.08. The van der Waals surface area contributed by atoms with Crippen molar-refractivity contribution in [2.75, 3.05) is 77.4 Å². The summed E-state index contributed by atoms with van der Waals surface area (Å²) in [6, 6.07) is 9.79. The maximum atomic E-state index is 12.4. The van der Waals surface area contributed by atoms with Crippen LogP contribution in [0, 0.1) is 20.2 Å². The maximum absolute atomic E-state index is 12.4. The molecule has 52 heavy (non-hydrogen) atoms. The van der Waals surface area contributed by atoms with Gasteiger partial charge in [0.05, 0.1) is 22.9 Å². The van der Waals surface area contributed by atoms with E-state index >= 15 is 0 Å². The number of nitrogens with zero attached hydrogens (tertiary/aromatic N) is 7. The van der Waals surface area contributed by atoms with Gasteiger partial charge in [0.1, 0.15) is 5.82 Å². The lowest BCUT2D eigenvalue weighted by Crippen LogP contribution is -2.48. The fourth-order valence-corrected chi connectivity index (χ4v) is 5.08. The zero-order valence-electron chi connectivity index (χ0n) is 27.6. The Hall–Kier alpha value is -3.94. The SMILES string of the molecule is CN1CCN(CC(=O)c2cc(O)c(O)c([N+](=O)[O-])c2)CC1.Cl.Cl.Cl.Cl.Cl.O=C(CN1CCN(c2ccccn2)CC1)c1cc(O)c(O)c([N+](=O)[O-])c1. The number of nitro benzene ring substituents is 2. The number of carbonyl (C=O) groups is 2. The summed E-state index contributed by atoms with van der Waals surface area (Å²) in [5, 5.41) is 59.7. The molecule has 3 heterocycles. The number of rotatable bonds is 9. The van der Waals surface area contributed by atoms with E-state index in [2.05, 4.69) is 14.8 Å². The van der Waals surface area contributed by atoms with E-state index in [0.717, 1.165) is 56.3 Å².